The van der Waals surface area contributed by atoms with Gasteiger partial charge in [0.2, 0.25) is 0 Å². The third kappa shape index (κ3) is 5.97. The molecule has 144 valence electrons. The molecule has 29 heavy (non-hydrogen) atoms. The molecule has 4 nitrogen and oxygen atoms in total. The van der Waals surface area contributed by atoms with Crippen LogP contribution in [-0.2, 0) is 11.4 Å². The Morgan fingerprint density at radius 1 is 1.03 bits per heavy atom. The van der Waals surface area contributed by atoms with Gasteiger partial charge in [0.05, 0.1) is 0 Å². The van der Waals surface area contributed by atoms with Crippen LogP contribution in [-0.4, -0.2) is 5.91 Å². The lowest BCUT2D eigenvalue weighted by molar-refractivity contribution is -0.112. The maximum absolute atomic E-state index is 12.3. The zero-order valence-corrected chi connectivity index (χ0v) is 16.6. The minimum Gasteiger partial charge on any atom is -0.489 e. The largest absolute Gasteiger partial charge is 0.489 e. The number of nitriles is 1. The first-order chi connectivity index (χ1) is 14.0. The molecule has 0 spiro atoms. The molecule has 0 unspecified atom stereocenters. The Hall–Kier alpha value is -3.55. The summed E-state index contributed by atoms with van der Waals surface area (Å²) in [5.41, 5.74) is 3.60. The lowest BCUT2D eigenvalue weighted by atomic mass is 10.1. The van der Waals surface area contributed by atoms with E-state index in [1.54, 1.807) is 36.4 Å². The van der Waals surface area contributed by atoms with Crippen molar-refractivity contribution in [2.75, 3.05) is 5.32 Å². The first kappa shape index (κ1) is 20.2. The molecule has 0 fully saturated rings. The van der Waals surface area contributed by atoms with Crippen molar-refractivity contribution in [2.45, 2.75) is 13.5 Å². The molecular weight excluding hydrogens is 384 g/mol. The predicted octanol–water partition coefficient (Wildman–Crippen LogP) is 5.77. The molecule has 1 amide bonds. The molecule has 0 bridgehead atoms. The number of halogens is 1. The van der Waals surface area contributed by atoms with Gasteiger partial charge >= 0.3 is 0 Å². The van der Waals surface area contributed by atoms with Crippen LogP contribution in [0.15, 0.2) is 78.4 Å². The Morgan fingerprint density at radius 2 is 1.69 bits per heavy atom. The standard InChI is InChI=1S/C24H19ClN2O2/c1-17-2-4-19(5-3-17)16-29-23-12-6-18(7-13-23)14-20(15-26)24(28)27-22-10-8-21(25)9-11-22/h2-14H,16H2,1H3,(H,27,28)/b20-14-. The van der Waals surface area contributed by atoms with Gasteiger partial charge in [-0.2, -0.15) is 5.26 Å². The molecule has 0 heterocycles. The molecule has 0 saturated heterocycles. The normalized spacial score (nSPS) is 10.9. The van der Waals surface area contributed by atoms with E-state index in [0.717, 1.165) is 11.1 Å². The fraction of sp³-hybridized carbons (Fsp3) is 0.0833. The van der Waals surface area contributed by atoms with Crippen LogP contribution in [0, 0.1) is 18.3 Å². The van der Waals surface area contributed by atoms with E-state index in [1.807, 2.05) is 49.4 Å². The zero-order chi connectivity index (χ0) is 20.6. The van der Waals surface area contributed by atoms with Gasteiger partial charge in [-0.05, 0) is 60.5 Å². The number of nitrogens with zero attached hydrogens (tertiary/aromatic N) is 1. The highest BCUT2D eigenvalue weighted by Crippen LogP contribution is 2.18. The smallest absolute Gasteiger partial charge is 0.266 e. The summed E-state index contributed by atoms with van der Waals surface area (Å²) in [6.07, 6.45) is 1.54. The number of amides is 1. The van der Waals surface area contributed by atoms with Crippen molar-refractivity contribution < 1.29 is 9.53 Å². The predicted molar refractivity (Wildman–Crippen MR) is 116 cm³/mol. The molecule has 0 saturated carbocycles. The molecular formula is C24H19ClN2O2. The van der Waals surface area contributed by atoms with E-state index in [0.29, 0.717) is 23.1 Å². The van der Waals surface area contributed by atoms with Crippen LogP contribution in [0.2, 0.25) is 5.02 Å². The molecule has 0 radical (unpaired) electrons. The van der Waals surface area contributed by atoms with E-state index in [9.17, 15) is 10.1 Å². The maximum Gasteiger partial charge on any atom is 0.266 e. The second kappa shape index (κ2) is 9.59. The summed E-state index contributed by atoms with van der Waals surface area (Å²) in [4.78, 5) is 12.3. The number of rotatable bonds is 6. The molecule has 3 rings (SSSR count). The summed E-state index contributed by atoms with van der Waals surface area (Å²) in [5, 5.41) is 12.6. The monoisotopic (exact) mass is 402 g/mol. The molecule has 0 aliphatic heterocycles. The SMILES string of the molecule is Cc1ccc(COc2ccc(/C=C(/C#N)C(=O)Nc3ccc(Cl)cc3)cc2)cc1. The van der Waals surface area contributed by atoms with Crippen molar-refractivity contribution in [3.8, 4) is 11.8 Å². The number of benzene rings is 3. The van der Waals surface area contributed by atoms with Gasteiger partial charge in [0, 0.05) is 10.7 Å². The van der Waals surface area contributed by atoms with E-state index in [-0.39, 0.29) is 5.57 Å². The second-order valence-electron chi connectivity index (χ2n) is 6.47. The number of hydrogen-bond donors (Lipinski definition) is 1. The van der Waals surface area contributed by atoms with Crippen LogP contribution in [0.4, 0.5) is 5.69 Å². The fourth-order valence-electron chi connectivity index (χ4n) is 2.56. The molecule has 0 aromatic heterocycles. The second-order valence-corrected chi connectivity index (χ2v) is 6.91. The number of carbonyl (C=O) groups is 1. The Balaban J connectivity index is 1.63. The number of anilines is 1. The van der Waals surface area contributed by atoms with Gasteiger partial charge in [-0.1, -0.05) is 53.6 Å². The Kier molecular flexibility index (Phi) is 6.67. The number of nitrogens with one attached hydrogen (secondary N) is 1. The topological polar surface area (TPSA) is 62.1 Å². The van der Waals surface area contributed by atoms with E-state index in [4.69, 9.17) is 16.3 Å². The van der Waals surface area contributed by atoms with Crippen LogP contribution in [0.3, 0.4) is 0 Å². The number of aryl methyl sites for hydroxylation is 1. The minimum absolute atomic E-state index is 0.00766. The zero-order valence-electron chi connectivity index (χ0n) is 15.9. The summed E-state index contributed by atoms with van der Waals surface area (Å²) in [6.45, 7) is 2.52. The van der Waals surface area contributed by atoms with Gasteiger partial charge in [-0.15, -0.1) is 0 Å². The number of hydrogen-bond acceptors (Lipinski definition) is 3. The van der Waals surface area contributed by atoms with Crippen molar-refractivity contribution in [3.05, 3.63) is 100 Å². The van der Waals surface area contributed by atoms with Crippen molar-refractivity contribution in [3.63, 3.8) is 0 Å². The molecule has 3 aromatic rings. The third-order valence-corrected chi connectivity index (χ3v) is 4.44. The van der Waals surface area contributed by atoms with Gasteiger partial charge in [0.25, 0.3) is 5.91 Å². The fourth-order valence-corrected chi connectivity index (χ4v) is 2.68. The van der Waals surface area contributed by atoms with E-state index in [1.165, 1.54) is 11.6 Å². The molecule has 3 aromatic carbocycles. The lowest BCUT2D eigenvalue weighted by Gasteiger charge is -2.07. The van der Waals surface area contributed by atoms with E-state index in [2.05, 4.69) is 5.32 Å². The van der Waals surface area contributed by atoms with Crippen molar-refractivity contribution >= 4 is 29.3 Å². The minimum atomic E-state index is -0.477. The van der Waals surface area contributed by atoms with Gasteiger partial charge in [-0.25, -0.2) is 0 Å². The summed E-state index contributed by atoms with van der Waals surface area (Å²) < 4.78 is 5.78. The first-order valence-electron chi connectivity index (χ1n) is 9.00. The Labute approximate surface area is 175 Å². The van der Waals surface area contributed by atoms with Crippen LogP contribution in [0.25, 0.3) is 6.08 Å². The molecule has 0 aliphatic rings. The molecule has 1 N–H and O–H groups in total. The van der Waals surface area contributed by atoms with Crippen LogP contribution in [0.1, 0.15) is 16.7 Å². The van der Waals surface area contributed by atoms with Crippen LogP contribution >= 0.6 is 11.6 Å². The van der Waals surface area contributed by atoms with Gasteiger partial charge in [0.1, 0.15) is 24.0 Å². The summed E-state index contributed by atoms with van der Waals surface area (Å²) in [7, 11) is 0. The van der Waals surface area contributed by atoms with Crippen LogP contribution in [0.5, 0.6) is 5.75 Å². The highest BCUT2D eigenvalue weighted by atomic mass is 35.5. The summed E-state index contributed by atoms with van der Waals surface area (Å²) >= 11 is 5.83. The first-order valence-corrected chi connectivity index (χ1v) is 9.38. The molecule has 0 aliphatic carbocycles. The Bertz CT molecular complexity index is 1050. The van der Waals surface area contributed by atoms with Crippen molar-refractivity contribution in [2.24, 2.45) is 0 Å². The molecule has 5 heteroatoms. The van der Waals surface area contributed by atoms with Crippen molar-refractivity contribution in [1.29, 1.82) is 5.26 Å². The van der Waals surface area contributed by atoms with Gasteiger partial charge < -0.3 is 10.1 Å². The molecule has 0 atom stereocenters. The van der Waals surface area contributed by atoms with Crippen LogP contribution < -0.4 is 10.1 Å². The maximum atomic E-state index is 12.3. The number of ether oxygens (including phenoxy) is 1. The quantitative estimate of drug-likeness (QED) is 0.420. The summed E-state index contributed by atoms with van der Waals surface area (Å²) in [5.74, 6) is 0.237. The average Bonchev–Trinajstić information content (AvgIpc) is 2.74. The third-order valence-electron chi connectivity index (χ3n) is 4.18. The highest BCUT2D eigenvalue weighted by Gasteiger charge is 2.09. The lowest BCUT2D eigenvalue weighted by Crippen LogP contribution is -2.13. The van der Waals surface area contributed by atoms with Crippen molar-refractivity contribution in [1.82, 2.24) is 0 Å². The highest BCUT2D eigenvalue weighted by molar-refractivity contribution is 6.30. The van der Waals surface area contributed by atoms with Gasteiger partial charge in [0.15, 0.2) is 0 Å². The summed E-state index contributed by atoms with van der Waals surface area (Å²) in [6, 6.07) is 24.0. The number of carbonyl (C=O) groups excluding carboxylic acids is 1. The van der Waals surface area contributed by atoms with E-state index >= 15 is 0 Å². The van der Waals surface area contributed by atoms with Gasteiger partial charge in [-0.3, -0.25) is 4.79 Å². The Morgan fingerprint density at radius 3 is 2.31 bits per heavy atom. The van der Waals surface area contributed by atoms with E-state index < -0.39 is 5.91 Å². The average molecular weight is 403 g/mol.